The third-order valence-electron chi connectivity index (χ3n) is 5.62. The van der Waals surface area contributed by atoms with E-state index < -0.39 is 10.0 Å². The van der Waals surface area contributed by atoms with Gasteiger partial charge in [-0.1, -0.05) is 47.5 Å². The maximum atomic E-state index is 13.0. The molecule has 3 rings (SSSR count). The van der Waals surface area contributed by atoms with Gasteiger partial charge in [-0.05, 0) is 32.4 Å². The van der Waals surface area contributed by atoms with E-state index in [4.69, 9.17) is 0 Å². The number of likely N-dealkylation sites (N-methyl/N-ethyl adjacent to an activating group) is 1. The molecule has 162 valence electrons. The second-order valence-corrected chi connectivity index (χ2v) is 10.3. The fourth-order valence-corrected chi connectivity index (χ4v) is 5.52. The number of carbonyl (C=O) groups is 1. The van der Waals surface area contributed by atoms with Crippen LogP contribution in [0.15, 0.2) is 47.4 Å². The van der Waals surface area contributed by atoms with E-state index in [9.17, 15) is 13.2 Å². The van der Waals surface area contributed by atoms with Crippen molar-refractivity contribution in [3.63, 3.8) is 0 Å². The first-order chi connectivity index (χ1) is 14.2. The molecule has 1 saturated heterocycles. The molecule has 0 aromatic heterocycles. The molecule has 0 saturated carbocycles. The standard InChI is InChI=1S/C23H31N3O3S/c1-18-5-8-21(9-6-18)16-24(4)17-23(27)25-11-13-26(14-12-25)30(28,29)22-10-7-19(2)15-20(22)3/h5-10,15H,11-14,16-17H2,1-4H3/p+1. The lowest BCUT2D eigenvalue weighted by atomic mass is 10.1. The Bertz CT molecular complexity index is 995. The third kappa shape index (κ3) is 5.28. The summed E-state index contributed by atoms with van der Waals surface area (Å²) in [6.45, 7) is 8.55. The van der Waals surface area contributed by atoms with Crippen molar-refractivity contribution in [3.8, 4) is 0 Å². The average Bonchev–Trinajstić information content (AvgIpc) is 2.69. The molecule has 7 heteroatoms. The van der Waals surface area contributed by atoms with Crippen molar-refractivity contribution < 1.29 is 18.1 Å². The summed E-state index contributed by atoms with van der Waals surface area (Å²) >= 11 is 0. The van der Waals surface area contributed by atoms with Gasteiger partial charge in [-0.3, -0.25) is 4.79 Å². The lowest BCUT2D eigenvalue weighted by molar-refractivity contribution is -0.885. The lowest BCUT2D eigenvalue weighted by Gasteiger charge is -2.34. The van der Waals surface area contributed by atoms with Gasteiger partial charge in [0.05, 0.1) is 11.9 Å². The predicted molar refractivity (Wildman–Crippen MR) is 118 cm³/mol. The van der Waals surface area contributed by atoms with E-state index in [1.54, 1.807) is 11.0 Å². The number of benzene rings is 2. The van der Waals surface area contributed by atoms with E-state index >= 15 is 0 Å². The van der Waals surface area contributed by atoms with Gasteiger partial charge in [-0.15, -0.1) is 0 Å². The number of piperazine rings is 1. The van der Waals surface area contributed by atoms with Crippen LogP contribution in [0.5, 0.6) is 0 Å². The lowest BCUT2D eigenvalue weighted by Crippen LogP contribution is -3.09. The van der Waals surface area contributed by atoms with Gasteiger partial charge in [0, 0.05) is 31.7 Å². The summed E-state index contributed by atoms with van der Waals surface area (Å²) in [6.07, 6.45) is 0. The molecule has 0 bridgehead atoms. The first kappa shape index (κ1) is 22.5. The Balaban J connectivity index is 1.55. The van der Waals surface area contributed by atoms with Crippen LogP contribution >= 0.6 is 0 Å². The fourth-order valence-electron chi connectivity index (χ4n) is 3.89. The van der Waals surface area contributed by atoms with Crippen LogP contribution in [0.3, 0.4) is 0 Å². The SMILES string of the molecule is Cc1ccc(C[NH+](C)CC(=O)N2CCN(S(=O)(=O)c3ccc(C)cc3C)CC2)cc1. The van der Waals surface area contributed by atoms with Gasteiger partial charge in [-0.25, -0.2) is 8.42 Å². The molecule has 6 nitrogen and oxygen atoms in total. The van der Waals surface area contributed by atoms with Crippen LogP contribution < -0.4 is 4.90 Å². The van der Waals surface area contributed by atoms with Crippen molar-refractivity contribution >= 4 is 15.9 Å². The monoisotopic (exact) mass is 430 g/mol. The second kappa shape index (κ2) is 9.29. The Morgan fingerprint density at radius 2 is 1.53 bits per heavy atom. The van der Waals surface area contributed by atoms with Gasteiger partial charge in [0.25, 0.3) is 5.91 Å². The first-order valence-corrected chi connectivity index (χ1v) is 11.8. The molecule has 2 aromatic rings. The van der Waals surface area contributed by atoms with Crippen molar-refractivity contribution in [2.75, 3.05) is 39.8 Å². The molecule has 1 fully saturated rings. The molecule has 0 aliphatic carbocycles. The summed E-state index contributed by atoms with van der Waals surface area (Å²) in [5, 5.41) is 0. The number of carbonyl (C=O) groups excluding carboxylic acids is 1. The highest BCUT2D eigenvalue weighted by Crippen LogP contribution is 2.22. The summed E-state index contributed by atoms with van der Waals surface area (Å²) in [7, 11) is -1.52. The number of hydrogen-bond donors (Lipinski definition) is 1. The number of nitrogens with one attached hydrogen (secondary N) is 1. The van der Waals surface area contributed by atoms with E-state index in [0.29, 0.717) is 37.6 Å². The molecule has 0 radical (unpaired) electrons. The van der Waals surface area contributed by atoms with Crippen LogP contribution in [0.2, 0.25) is 0 Å². The van der Waals surface area contributed by atoms with Crippen molar-refractivity contribution in [1.82, 2.24) is 9.21 Å². The van der Waals surface area contributed by atoms with Crippen molar-refractivity contribution in [2.45, 2.75) is 32.2 Å². The van der Waals surface area contributed by atoms with Gasteiger partial charge in [0.2, 0.25) is 10.0 Å². The smallest absolute Gasteiger partial charge is 0.277 e. The van der Waals surface area contributed by atoms with Crippen LogP contribution in [0, 0.1) is 20.8 Å². The molecule has 1 heterocycles. The van der Waals surface area contributed by atoms with Crippen LogP contribution in [-0.4, -0.2) is 63.3 Å². The number of quaternary nitrogens is 1. The molecule has 0 spiro atoms. The minimum absolute atomic E-state index is 0.0724. The molecule has 1 unspecified atom stereocenters. The minimum atomic E-state index is -3.54. The Morgan fingerprint density at radius 3 is 2.13 bits per heavy atom. The largest absolute Gasteiger partial charge is 0.335 e. The highest BCUT2D eigenvalue weighted by molar-refractivity contribution is 7.89. The Hall–Kier alpha value is -2.22. The van der Waals surface area contributed by atoms with E-state index in [1.807, 2.05) is 33.0 Å². The normalized spacial score (nSPS) is 16.5. The summed E-state index contributed by atoms with van der Waals surface area (Å²) < 4.78 is 27.5. The molecule has 1 aliphatic heterocycles. The molecule has 30 heavy (non-hydrogen) atoms. The number of aryl methyl sites for hydroxylation is 3. The number of amides is 1. The van der Waals surface area contributed by atoms with Gasteiger partial charge in [-0.2, -0.15) is 4.31 Å². The van der Waals surface area contributed by atoms with E-state index in [-0.39, 0.29) is 5.91 Å². The van der Waals surface area contributed by atoms with Crippen LogP contribution in [0.4, 0.5) is 0 Å². The fraction of sp³-hybridized carbons (Fsp3) is 0.435. The van der Waals surface area contributed by atoms with Gasteiger partial charge in [0.15, 0.2) is 6.54 Å². The Labute approximate surface area is 180 Å². The Kier molecular flexibility index (Phi) is 6.95. The predicted octanol–water partition coefficient (Wildman–Crippen LogP) is 1.16. The van der Waals surface area contributed by atoms with Crippen molar-refractivity contribution in [1.29, 1.82) is 0 Å². The van der Waals surface area contributed by atoms with E-state index in [0.717, 1.165) is 22.6 Å². The molecule has 1 amide bonds. The first-order valence-electron chi connectivity index (χ1n) is 10.4. The number of rotatable bonds is 6. The zero-order valence-electron chi connectivity index (χ0n) is 18.3. The molecule has 1 N–H and O–H groups in total. The number of sulfonamides is 1. The molecular weight excluding hydrogens is 398 g/mol. The van der Waals surface area contributed by atoms with Crippen LogP contribution in [0.25, 0.3) is 0 Å². The number of nitrogens with zero attached hydrogens (tertiary/aromatic N) is 2. The molecule has 2 aromatic carbocycles. The third-order valence-corrected chi connectivity index (χ3v) is 7.68. The summed E-state index contributed by atoms with van der Waals surface area (Å²) in [6, 6.07) is 13.8. The second-order valence-electron chi connectivity index (χ2n) is 8.35. The molecule has 1 aliphatic rings. The maximum Gasteiger partial charge on any atom is 0.277 e. The van der Waals surface area contributed by atoms with Crippen LogP contribution in [-0.2, 0) is 21.4 Å². The average molecular weight is 431 g/mol. The van der Waals surface area contributed by atoms with Gasteiger partial charge in [0.1, 0.15) is 6.54 Å². The van der Waals surface area contributed by atoms with E-state index in [2.05, 4.69) is 31.2 Å². The highest BCUT2D eigenvalue weighted by Gasteiger charge is 2.31. The summed E-state index contributed by atoms with van der Waals surface area (Å²) in [4.78, 5) is 16.0. The van der Waals surface area contributed by atoms with Crippen molar-refractivity contribution in [2.24, 2.45) is 0 Å². The Morgan fingerprint density at radius 1 is 0.933 bits per heavy atom. The van der Waals surface area contributed by atoms with Crippen molar-refractivity contribution in [3.05, 3.63) is 64.7 Å². The van der Waals surface area contributed by atoms with Gasteiger partial charge >= 0.3 is 0 Å². The van der Waals surface area contributed by atoms with Gasteiger partial charge < -0.3 is 9.80 Å². The zero-order chi connectivity index (χ0) is 21.9. The maximum absolute atomic E-state index is 13.0. The van der Waals surface area contributed by atoms with Crippen LogP contribution in [0.1, 0.15) is 22.3 Å². The minimum Gasteiger partial charge on any atom is -0.335 e. The highest BCUT2D eigenvalue weighted by atomic mass is 32.2. The summed E-state index contributed by atoms with van der Waals surface area (Å²) in [5.74, 6) is 0.0724. The zero-order valence-corrected chi connectivity index (χ0v) is 19.1. The molecule has 1 atom stereocenters. The number of hydrogen-bond acceptors (Lipinski definition) is 3. The quantitative estimate of drug-likeness (QED) is 0.748. The topological polar surface area (TPSA) is 62.1 Å². The molecular formula is C23H32N3O3S+. The van der Waals surface area contributed by atoms with E-state index in [1.165, 1.54) is 15.4 Å². The summed E-state index contributed by atoms with van der Waals surface area (Å²) in [5.41, 5.74) is 4.23.